The van der Waals surface area contributed by atoms with E-state index in [1.807, 2.05) is 0 Å². The minimum absolute atomic E-state index is 0.0374. The molecule has 0 radical (unpaired) electrons. The first-order chi connectivity index (χ1) is 13.7. The number of hydrogen-bond donors (Lipinski definition) is 4. The van der Waals surface area contributed by atoms with Crippen molar-refractivity contribution in [3.8, 4) is 0 Å². The fourth-order valence-electron chi connectivity index (χ4n) is 4.45. The van der Waals surface area contributed by atoms with Crippen LogP contribution in [0.5, 0.6) is 0 Å². The summed E-state index contributed by atoms with van der Waals surface area (Å²) in [7, 11) is -4.91. The number of fused-ring (bicyclic) bond motifs is 3. The van der Waals surface area contributed by atoms with Gasteiger partial charge in [0, 0.05) is 24.4 Å². The zero-order valence-corrected chi connectivity index (χ0v) is 16.3. The second-order valence-corrected chi connectivity index (χ2v) is 8.89. The number of hydrogen-bond acceptors (Lipinski definition) is 8. The standard InChI is InChI=1S/C15H23N5O8S/c21-12(4-9-2-1-3-16-9)17-18-13(22)10-5-15(7-27-8-15)11-6-19(10)14(23)20(11)28-29(24,25)26/h9-11,16H,1-8H2,(H,17,21)(H,18,22)(H,24,25,26)/t9?,10-,11-/m0/s1. The molecule has 3 atom stereocenters. The molecule has 0 aliphatic carbocycles. The molecule has 0 aromatic carbocycles. The Bertz CT molecular complexity index is 810. The SMILES string of the molecule is O=C(CC1CCCN1)NNC(=O)[C@@H]1CC2(COC2)[C@@H]2CN1C(=O)N2OS(=O)(=O)O. The summed E-state index contributed by atoms with van der Waals surface area (Å²) in [6, 6.07) is -2.40. The Morgan fingerprint density at radius 1 is 1.34 bits per heavy atom. The first kappa shape index (κ1) is 20.3. The molecule has 1 spiro atoms. The van der Waals surface area contributed by atoms with E-state index >= 15 is 0 Å². The number of ether oxygens (including phenoxy) is 1. The summed E-state index contributed by atoms with van der Waals surface area (Å²) in [5.74, 6) is -0.943. The van der Waals surface area contributed by atoms with Crippen LogP contribution < -0.4 is 16.2 Å². The van der Waals surface area contributed by atoms with Gasteiger partial charge in [-0.05, 0) is 25.8 Å². The van der Waals surface area contributed by atoms with Gasteiger partial charge in [-0.1, -0.05) is 0 Å². The van der Waals surface area contributed by atoms with E-state index in [4.69, 9.17) is 9.29 Å². The average molecular weight is 433 g/mol. The molecule has 4 saturated heterocycles. The number of urea groups is 1. The van der Waals surface area contributed by atoms with Crippen LogP contribution in [0, 0.1) is 5.41 Å². The van der Waals surface area contributed by atoms with Gasteiger partial charge in [0.25, 0.3) is 5.91 Å². The summed E-state index contributed by atoms with van der Waals surface area (Å²) < 4.78 is 41.0. The Morgan fingerprint density at radius 2 is 2.10 bits per heavy atom. The highest BCUT2D eigenvalue weighted by molar-refractivity contribution is 7.80. The maximum Gasteiger partial charge on any atom is 0.418 e. The summed E-state index contributed by atoms with van der Waals surface area (Å²) in [5.41, 5.74) is 4.04. The van der Waals surface area contributed by atoms with Gasteiger partial charge in [0.2, 0.25) is 5.91 Å². The van der Waals surface area contributed by atoms with Crippen LogP contribution in [0.15, 0.2) is 0 Å². The normalized spacial score (nSPS) is 30.4. The summed E-state index contributed by atoms with van der Waals surface area (Å²) in [6.07, 6.45) is 2.32. The first-order valence-corrected chi connectivity index (χ1v) is 10.7. The Hall–Kier alpha value is -2.00. The van der Waals surface area contributed by atoms with Gasteiger partial charge in [-0.15, -0.1) is 4.28 Å². The van der Waals surface area contributed by atoms with Crippen molar-refractivity contribution in [2.75, 3.05) is 26.3 Å². The van der Waals surface area contributed by atoms with Crippen LogP contribution in [0.25, 0.3) is 0 Å². The minimum atomic E-state index is -4.91. The molecule has 2 bridgehead atoms. The number of nitrogens with one attached hydrogen (secondary N) is 3. The van der Waals surface area contributed by atoms with Crippen LogP contribution in [0.4, 0.5) is 4.79 Å². The van der Waals surface area contributed by atoms with Crippen LogP contribution in [0.1, 0.15) is 25.7 Å². The van der Waals surface area contributed by atoms with Gasteiger partial charge >= 0.3 is 16.4 Å². The Kier molecular flexibility index (Phi) is 5.14. The minimum Gasteiger partial charge on any atom is -0.380 e. The maximum atomic E-state index is 12.7. The van der Waals surface area contributed by atoms with Crippen LogP contribution >= 0.6 is 0 Å². The third-order valence-electron chi connectivity index (χ3n) is 5.95. The topological polar surface area (TPSA) is 167 Å². The molecule has 13 nitrogen and oxygen atoms in total. The Labute approximate surface area is 166 Å². The van der Waals surface area contributed by atoms with E-state index in [9.17, 15) is 22.8 Å². The highest BCUT2D eigenvalue weighted by Crippen LogP contribution is 2.47. The van der Waals surface area contributed by atoms with Crippen molar-refractivity contribution in [3.63, 3.8) is 0 Å². The lowest BCUT2D eigenvalue weighted by Gasteiger charge is -2.50. The van der Waals surface area contributed by atoms with Gasteiger partial charge in [-0.3, -0.25) is 25.0 Å². The number of rotatable bonds is 5. The van der Waals surface area contributed by atoms with Crippen molar-refractivity contribution in [2.24, 2.45) is 5.41 Å². The van der Waals surface area contributed by atoms with Crippen molar-refractivity contribution >= 4 is 28.2 Å². The predicted octanol–water partition coefficient (Wildman–Crippen LogP) is -2.09. The number of nitrogens with zero attached hydrogens (tertiary/aromatic N) is 2. The van der Waals surface area contributed by atoms with Crippen molar-refractivity contribution in [1.29, 1.82) is 0 Å². The largest absolute Gasteiger partial charge is 0.418 e. The van der Waals surface area contributed by atoms with Crippen molar-refractivity contribution in [3.05, 3.63) is 0 Å². The summed E-state index contributed by atoms with van der Waals surface area (Å²) in [5, 5.41) is 3.78. The highest BCUT2D eigenvalue weighted by Gasteiger charge is 2.63. The van der Waals surface area contributed by atoms with Gasteiger partial charge in [0.1, 0.15) is 6.04 Å². The number of amides is 4. The molecule has 4 aliphatic heterocycles. The van der Waals surface area contributed by atoms with Crippen molar-refractivity contribution in [1.82, 2.24) is 26.1 Å². The molecule has 4 amide bonds. The molecule has 1 unspecified atom stereocenters. The Morgan fingerprint density at radius 3 is 2.69 bits per heavy atom. The molecular weight excluding hydrogens is 410 g/mol. The summed E-state index contributed by atoms with van der Waals surface area (Å²) >= 11 is 0. The lowest BCUT2D eigenvalue weighted by molar-refractivity contribution is -0.193. The monoisotopic (exact) mass is 433 g/mol. The predicted molar refractivity (Wildman–Crippen MR) is 93.9 cm³/mol. The molecule has 4 fully saturated rings. The molecule has 4 N–H and O–H groups in total. The van der Waals surface area contributed by atoms with Crippen LogP contribution in [-0.4, -0.2) is 85.2 Å². The number of hydroxylamine groups is 2. The van der Waals surface area contributed by atoms with E-state index in [0.29, 0.717) is 5.06 Å². The lowest BCUT2D eigenvalue weighted by Crippen LogP contribution is -2.64. The van der Waals surface area contributed by atoms with Gasteiger partial charge in [-0.2, -0.15) is 13.5 Å². The smallest absolute Gasteiger partial charge is 0.380 e. The number of piperidine rings is 1. The van der Waals surface area contributed by atoms with E-state index in [-0.39, 0.29) is 44.5 Å². The van der Waals surface area contributed by atoms with Crippen molar-refractivity contribution < 1.29 is 36.4 Å². The van der Waals surface area contributed by atoms with Crippen LogP contribution in [-0.2, 0) is 29.0 Å². The zero-order chi connectivity index (χ0) is 20.8. The average Bonchev–Trinajstić information content (AvgIpc) is 3.21. The number of carbonyl (C=O) groups is 3. The second-order valence-electron chi connectivity index (χ2n) is 7.89. The molecule has 0 aromatic heterocycles. The molecule has 162 valence electrons. The highest BCUT2D eigenvalue weighted by atomic mass is 32.3. The van der Waals surface area contributed by atoms with E-state index in [1.165, 1.54) is 4.90 Å². The summed E-state index contributed by atoms with van der Waals surface area (Å²) in [4.78, 5) is 38.5. The maximum absolute atomic E-state index is 12.7. The first-order valence-electron chi connectivity index (χ1n) is 9.35. The third-order valence-corrected chi connectivity index (χ3v) is 6.29. The van der Waals surface area contributed by atoms with Crippen LogP contribution in [0.3, 0.4) is 0 Å². The third kappa shape index (κ3) is 3.90. The Balaban J connectivity index is 1.42. The fourth-order valence-corrected chi connectivity index (χ4v) is 4.82. The quantitative estimate of drug-likeness (QED) is 0.281. The van der Waals surface area contributed by atoms with E-state index < -0.39 is 39.8 Å². The van der Waals surface area contributed by atoms with E-state index in [1.54, 1.807) is 0 Å². The van der Waals surface area contributed by atoms with E-state index in [2.05, 4.69) is 20.5 Å². The van der Waals surface area contributed by atoms with Crippen LogP contribution in [0.2, 0.25) is 0 Å². The van der Waals surface area contributed by atoms with Crippen molar-refractivity contribution in [2.45, 2.75) is 43.8 Å². The molecule has 4 heterocycles. The van der Waals surface area contributed by atoms with Gasteiger partial charge in [0.15, 0.2) is 0 Å². The summed E-state index contributed by atoms with van der Waals surface area (Å²) in [6.45, 7) is 1.33. The lowest BCUT2D eigenvalue weighted by atomic mass is 9.71. The molecular formula is C15H23N5O8S. The van der Waals surface area contributed by atoms with E-state index in [0.717, 1.165) is 19.4 Å². The molecule has 4 rings (SSSR count). The fraction of sp³-hybridized carbons (Fsp3) is 0.800. The second kappa shape index (κ2) is 7.36. The van der Waals surface area contributed by atoms with Gasteiger partial charge in [0.05, 0.1) is 19.3 Å². The number of hydrazine groups is 1. The molecule has 0 aromatic rings. The van der Waals surface area contributed by atoms with Gasteiger partial charge in [-0.25, -0.2) is 4.79 Å². The molecule has 4 aliphatic rings. The van der Waals surface area contributed by atoms with Gasteiger partial charge < -0.3 is 15.0 Å². The molecule has 14 heteroatoms. The molecule has 0 saturated carbocycles. The zero-order valence-electron chi connectivity index (χ0n) is 15.5. The number of carbonyl (C=O) groups excluding carboxylic acids is 3. The molecule has 29 heavy (non-hydrogen) atoms.